The Kier molecular flexibility index (Phi) is 5.79. The molecule has 1 atom stereocenters. The number of carbonyl (C=O) groups is 1. The van der Waals surface area contributed by atoms with E-state index in [2.05, 4.69) is 38.2 Å². The number of nitrogens with one attached hydrogen (secondary N) is 1. The highest BCUT2D eigenvalue weighted by Gasteiger charge is 2.32. The molecule has 150 valence electrons. The molecule has 0 spiro atoms. The number of ether oxygens (including phenoxy) is 1. The minimum Gasteiger partial charge on any atom is -0.457 e. The first-order chi connectivity index (χ1) is 13.2. The van der Waals surface area contributed by atoms with Crippen molar-refractivity contribution in [1.29, 1.82) is 0 Å². The van der Waals surface area contributed by atoms with Gasteiger partial charge in [-0.05, 0) is 60.2 Å². The van der Waals surface area contributed by atoms with Crippen molar-refractivity contribution in [2.24, 2.45) is 5.92 Å². The van der Waals surface area contributed by atoms with Gasteiger partial charge in [-0.15, -0.1) is 0 Å². The fourth-order valence-corrected chi connectivity index (χ4v) is 4.91. The first kappa shape index (κ1) is 20.4. The van der Waals surface area contributed by atoms with Crippen molar-refractivity contribution in [3.05, 3.63) is 54.1 Å². The second-order valence-corrected chi connectivity index (χ2v) is 10.2. The van der Waals surface area contributed by atoms with Crippen LogP contribution in [0.5, 0.6) is 11.5 Å². The molecule has 1 unspecified atom stereocenters. The Balaban J connectivity index is 1.59. The molecular weight excluding hydrogens is 374 g/mol. The van der Waals surface area contributed by atoms with Gasteiger partial charge in [-0.25, -0.2) is 8.42 Å². The molecule has 1 heterocycles. The highest BCUT2D eigenvalue weighted by atomic mass is 32.2. The molecule has 1 N–H and O–H groups in total. The van der Waals surface area contributed by atoms with Crippen LogP contribution in [-0.4, -0.2) is 25.8 Å². The third-order valence-electron chi connectivity index (χ3n) is 5.48. The fourth-order valence-electron chi connectivity index (χ4n) is 3.17. The summed E-state index contributed by atoms with van der Waals surface area (Å²) in [6.45, 7) is 6.62. The Morgan fingerprint density at radius 3 is 2.14 bits per heavy atom. The van der Waals surface area contributed by atoms with E-state index in [1.807, 2.05) is 12.1 Å². The summed E-state index contributed by atoms with van der Waals surface area (Å²) >= 11 is 0. The molecule has 1 aliphatic rings. The molecule has 28 heavy (non-hydrogen) atoms. The Bertz CT molecular complexity index is 932. The largest absolute Gasteiger partial charge is 0.457 e. The molecule has 0 bridgehead atoms. The van der Waals surface area contributed by atoms with E-state index in [1.165, 1.54) is 5.56 Å². The van der Waals surface area contributed by atoms with Crippen LogP contribution < -0.4 is 10.1 Å². The summed E-state index contributed by atoms with van der Waals surface area (Å²) in [5, 5.41) is 2.78. The van der Waals surface area contributed by atoms with Gasteiger partial charge in [0.15, 0.2) is 9.84 Å². The molecule has 5 nitrogen and oxygen atoms in total. The summed E-state index contributed by atoms with van der Waals surface area (Å²) in [7, 11) is -3.07. The number of hydrogen-bond donors (Lipinski definition) is 1. The molecular formula is C22H27NO4S. The summed E-state index contributed by atoms with van der Waals surface area (Å²) < 4.78 is 28.9. The predicted octanol–water partition coefficient (Wildman–Crippen LogP) is 4.54. The van der Waals surface area contributed by atoms with E-state index in [-0.39, 0.29) is 22.8 Å². The zero-order valence-electron chi connectivity index (χ0n) is 16.6. The van der Waals surface area contributed by atoms with Gasteiger partial charge in [0.05, 0.1) is 17.4 Å². The van der Waals surface area contributed by atoms with Crippen LogP contribution in [0.3, 0.4) is 0 Å². The third-order valence-corrected chi connectivity index (χ3v) is 7.25. The van der Waals surface area contributed by atoms with Crippen molar-refractivity contribution in [3.8, 4) is 11.5 Å². The van der Waals surface area contributed by atoms with Gasteiger partial charge in [-0.2, -0.15) is 0 Å². The predicted molar refractivity (Wildman–Crippen MR) is 112 cm³/mol. The zero-order valence-corrected chi connectivity index (χ0v) is 17.4. The molecule has 2 aromatic carbocycles. The summed E-state index contributed by atoms with van der Waals surface area (Å²) in [4.78, 5) is 12.2. The van der Waals surface area contributed by atoms with E-state index >= 15 is 0 Å². The number of amides is 1. The molecule has 1 saturated heterocycles. The minimum absolute atomic E-state index is 0.0646. The van der Waals surface area contributed by atoms with Gasteiger partial charge in [0.2, 0.25) is 5.91 Å². The quantitative estimate of drug-likeness (QED) is 0.771. The van der Waals surface area contributed by atoms with Crippen molar-refractivity contribution in [2.75, 3.05) is 16.8 Å². The maximum atomic E-state index is 12.2. The van der Waals surface area contributed by atoms with Crippen LogP contribution in [0.2, 0.25) is 0 Å². The average molecular weight is 402 g/mol. The van der Waals surface area contributed by atoms with Crippen LogP contribution >= 0.6 is 0 Å². The van der Waals surface area contributed by atoms with E-state index in [4.69, 9.17) is 4.74 Å². The lowest BCUT2D eigenvalue weighted by Gasteiger charge is -2.23. The first-order valence-electron chi connectivity index (χ1n) is 9.58. The van der Waals surface area contributed by atoms with Gasteiger partial charge in [0.25, 0.3) is 0 Å². The number of carbonyl (C=O) groups excluding carboxylic acids is 1. The molecule has 1 aliphatic heterocycles. The van der Waals surface area contributed by atoms with Crippen molar-refractivity contribution in [3.63, 3.8) is 0 Å². The van der Waals surface area contributed by atoms with E-state index < -0.39 is 15.8 Å². The van der Waals surface area contributed by atoms with Crippen molar-refractivity contribution >= 4 is 21.4 Å². The topological polar surface area (TPSA) is 72.5 Å². The number of sulfone groups is 1. The van der Waals surface area contributed by atoms with Crippen molar-refractivity contribution in [1.82, 2.24) is 0 Å². The Labute approximate surface area is 167 Å². The first-order valence-corrected chi connectivity index (χ1v) is 11.4. The number of rotatable bonds is 6. The second-order valence-electron chi connectivity index (χ2n) is 7.98. The molecule has 2 aromatic rings. The second kappa shape index (κ2) is 7.95. The van der Waals surface area contributed by atoms with Gasteiger partial charge >= 0.3 is 0 Å². The maximum absolute atomic E-state index is 12.2. The van der Waals surface area contributed by atoms with Crippen LogP contribution in [0, 0.1) is 5.92 Å². The summed E-state index contributed by atoms with van der Waals surface area (Å²) in [5.74, 6) is 0.736. The van der Waals surface area contributed by atoms with Crippen molar-refractivity contribution in [2.45, 2.75) is 39.0 Å². The standard InChI is InChI=1S/C22H27NO4S/c1-4-22(2,3)17-5-9-19(10-6-17)27-20-11-7-18(8-12-20)23-21(24)16-13-14-28(25,26)15-16/h5-12,16H,4,13-15H2,1-3H3,(H,23,24). The van der Waals surface area contributed by atoms with Crippen molar-refractivity contribution < 1.29 is 17.9 Å². The Morgan fingerprint density at radius 1 is 1.07 bits per heavy atom. The van der Waals surface area contributed by atoms with Crippen LogP contribution in [0.4, 0.5) is 5.69 Å². The molecule has 0 aliphatic carbocycles. The van der Waals surface area contributed by atoms with Gasteiger partial charge < -0.3 is 10.1 Å². The smallest absolute Gasteiger partial charge is 0.228 e. The van der Waals surface area contributed by atoms with Crippen LogP contribution in [0.1, 0.15) is 39.2 Å². The van der Waals surface area contributed by atoms with E-state index in [9.17, 15) is 13.2 Å². The molecule has 1 amide bonds. The lowest BCUT2D eigenvalue weighted by Crippen LogP contribution is -2.23. The van der Waals surface area contributed by atoms with E-state index in [1.54, 1.807) is 24.3 Å². The SMILES string of the molecule is CCC(C)(C)c1ccc(Oc2ccc(NC(=O)C3CCS(=O)(=O)C3)cc2)cc1. The zero-order chi connectivity index (χ0) is 20.4. The van der Waals surface area contributed by atoms with Crippen LogP contribution in [0.15, 0.2) is 48.5 Å². The number of anilines is 1. The summed E-state index contributed by atoms with van der Waals surface area (Å²) in [6.07, 6.45) is 1.45. The highest BCUT2D eigenvalue weighted by molar-refractivity contribution is 7.91. The lowest BCUT2D eigenvalue weighted by molar-refractivity contribution is -0.119. The van der Waals surface area contributed by atoms with E-state index in [0.29, 0.717) is 17.9 Å². The number of hydrogen-bond acceptors (Lipinski definition) is 4. The highest BCUT2D eigenvalue weighted by Crippen LogP contribution is 2.30. The number of benzene rings is 2. The monoisotopic (exact) mass is 401 g/mol. The Morgan fingerprint density at radius 2 is 1.64 bits per heavy atom. The fraction of sp³-hybridized carbons (Fsp3) is 0.409. The van der Waals surface area contributed by atoms with E-state index in [0.717, 1.165) is 12.2 Å². The molecule has 1 fully saturated rings. The molecule has 3 rings (SSSR count). The molecule has 0 radical (unpaired) electrons. The van der Waals surface area contributed by atoms with Crippen LogP contribution in [-0.2, 0) is 20.0 Å². The lowest BCUT2D eigenvalue weighted by atomic mass is 9.82. The normalized spacial score (nSPS) is 18.6. The molecule has 0 saturated carbocycles. The molecule has 6 heteroatoms. The van der Waals surface area contributed by atoms with Gasteiger partial charge in [0, 0.05) is 5.69 Å². The molecule has 0 aromatic heterocycles. The minimum atomic E-state index is -3.07. The van der Waals surface area contributed by atoms with Gasteiger partial charge in [-0.1, -0.05) is 32.9 Å². The maximum Gasteiger partial charge on any atom is 0.228 e. The Hall–Kier alpha value is -2.34. The third kappa shape index (κ3) is 4.93. The summed E-state index contributed by atoms with van der Waals surface area (Å²) in [6, 6.07) is 15.2. The van der Waals surface area contributed by atoms with Gasteiger partial charge in [0.1, 0.15) is 11.5 Å². The summed E-state index contributed by atoms with van der Waals surface area (Å²) in [5.41, 5.74) is 2.04. The van der Waals surface area contributed by atoms with Gasteiger partial charge in [-0.3, -0.25) is 4.79 Å². The van der Waals surface area contributed by atoms with Crippen LogP contribution in [0.25, 0.3) is 0 Å². The average Bonchev–Trinajstić information content (AvgIpc) is 3.04.